The molecule has 19 heavy (non-hydrogen) atoms. The van der Waals surface area contributed by atoms with Gasteiger partial charge in [0.1, 0.15) is 0 Å². The summed E-state index contributed by atoms with van der Waals surface area (Å²) in [6.07, 6.45) is 5.31. The third-order valence-corrected chi connectivity index (χ3v) is 4.69. The van der Waals surface area contributed by atoms with Gasteiger partial charge in [0.2, 0.25) is 0 Å². The van der Waals surface area contributed by atoms with Gasteiger partial charge in [0.15, 0.2) is 0 Å². The average molecular weight is 263 g/mol. The Hall–Kier alpha value is -0.830. The van der Waals surface area contributed by atoms with E-state index in [1.807, 2.05) is 11.7 Å². The number of aryl methyl sites for hydroxylation is 2. The van der Waals surface area contributed by atoms with Crippen molar-refractivity contribution < 1.29 is 0 Å². The van der Waals surface area contributed by atoms with Crippen molar-refractivity contribution >= 4 is 0 Å². The number of hydrogen-bond donors (Lipinski definition) is 1. The van der Waals surface area contributed by atoms with E-state index in [4.69, 9.17) is 0 Å². The van der Waals surface area contributed by atoms with Crippen molar-refractivity contribution in [2.24, 2.45) is 12.5 Å². The summed E-state index contributed by atoms with van der Waals surface area (Å²) >= 11 is 0. The van der Waals surface area contributed by atoms with Crippen LogP contribution in [0.5, 0.6) is 0 Å². The zero-order chi connectivity index (χ0) is 14.2. The zero-order valence-corrected chi connectivity index (χ0v) is 13.4. The minimum Gasteiger partial charge on any atom is -0.307 e. The van der Waals surface area contributed by atoms with Crippen LogP contribution in [0, 0.1) is 19.3 Å². The van der Waals surface area contributed by atoms with Crippen molar-refractivity contribution in [1.82, 2.24) is 15.1 Å². The predicted molar refractivity (Wildman–Crippen MR) is 80.3 cm³/mol. The minimum atomic E-state index is 0.396. The van der Waals surface area contributed by atoms with Gasteiger partial charge in [-0.2, -0.15) is 5.10 Å². The summed E-state index contributed by atoms with van der Waals surface area (Å²) in [5, 5.41) is 8.36. The highest BCUT2D eigenvalue weighted by molar-refractivity contribution is 5.27. The van der Waals surface area contributed by atoms with Crippen LogP contribution in [0.4, 0.5) is 0 Å². The molecule has 1 N–H and O–H groups in total. The van der Waals surface area contributed by atoms with Crippen LogP contribution in [0.15, 0.2) is 0 Å². The first-order chi connectivity index (χ1) is 8.80. The summed E-state index contributed by atoms with van der Waals surface area (Å²) in [6, 6.07) is 1.05. The fourth-order valence-electron chi connectivity index (χ4n) is 3.69. The molecule has 1 aromatic heterocycles. The molecule has 0 aliphatic heterocycles. The van der Waals surface area contributed by atoms with Crippen LogP contribution in [0.3, 0.4) is 0 Å². The monoisotopic (exact) mass is 263 g/mol. The molecule has 1 heterocycles. The molecule has 3 nitrogen and oxygen atoms in total. The fourth-order valence-corrected chi connectivity index (χ4v) is 3.69. The van der Waals surface area contributed by atoms with Crippen molar-refractivity contribution in [3.05, 3.63) is 17.0 Å². The van der Waals surface area contributed by atoms with E-state index in [1.165, 1.54) is 36.9 Å². The Bertz CT molecular complexity index is 445. The maximum atomic E-state index is 4.53. The Labute approximate surface area is 117 Å². The van der Waals surface area contributed by atoms with Gasteiger partial charge in [0.25, 0.3) is 0 Å². The second-order valence-corrected chi connectivity index (χ2v) is 7.05. The van der Waals surface area contributed by atoms with E-state index in [9.17, 15) is 0 Å². The SMILES string of the molecule is Cc1nn(C)c(C)c1C(C)NC1CCCC(C)(C)C1. The van der Waals surface area contributed by atoms with Gasteiger partial charge in [-0.3, -0.25) is 4.68 Å². The summed E-state index contributed by atoms with van der Waals surface area (Å²) in [6.45, 7) is 11.3. The van der Waals surface area contributed by atoms with Gasteiger partial charge in [-0.25, -0.2) is 0 Å². The topological polar surface area (TPSA) is 29.9 Å². The molecule has 1 aliphatic rings. The first-order valence-electron chi connectivity index (χ1n) is 7.56. The standard InChI is InChI=1S/C16H29N3/c1-11(15-12(2)18-19(6)13(15)3)17-14-8-7-9-16(4,5)10-14/h11,14,17H,7-10H2,1-6H3. The molecule has 2 atom stereocenters. The van der Waals surface area contributed by atoms with Crippen molar-refractivity contribution in [1.29, 1.82) is 0 Å². The van der Waals surface area contributed by atoms with Crippen molar-refractivity contribution in [2.75, 3.05) is 0 Å². The molecule has 3 heteroatoms. The van der Waals surface area contributed by atoms with Gasteiger partial charge in [0, 0.05) is 30.4 Å². The highest BCUT2D eigenvalue weighted by Crippen LogP contribution is 2.36. The Kier molecular flexibility index (Phi) is 4.05. The Morgan fingerprint density at radius 3 is 2.58 bits per heavy atom. The van der Waals surface area contributed by atoms with Gasteiger partial charge in [0.05, 0.1) is 5.69 Å². The van der Waals surface area contributed by atoms with Crippen LogP contribution in [0.25, 0.3) is 0 Å². The molecule has 2 rings (SSSR count). The lowest BCUT2D eigenvalue weighted by molar-refractivity contribution is 0.191. The summed E-state index contributed by atoms with van der Waals surface area (Å²) in [4.78, 5) is 0. The number of hydrogen-bond acceptors (Lipinski definition) is 2. The van der Waals surface area contributed by atoms with E-state index in [-0.39, 0.29) is 0 Å². The van der Waals surface area contributed by atoms with E-state index in [2.05, 4.69) is 45.0 Å². The van der Waals surface area contributed by atoms with Gasteiger partial charge in [-0.15, -0.1) is 0 Å². The number of nitrogens with zero attached hydrogens (tertiary/aromatic N) is 2. The molecule has 0 amide bonds. The average Bonchev–Trinajstić information content (AvgIpc) is 2.51. The van der Waals surface area contributed by atoms with Gasteiger partial charge in [-0.05, 0) is 45.4 Å². The first kappa shape index (κ1) is 14.6. The van der Waals surface area contributed by atoms with Crippen LogP contribution >= 0.6 is 0 Å². The summed E-state index contributed by atoms with van der Waals surface area (Å²) < 4.78 is 1.99. The van der Waals surface area contributed by atoms with Crippen LogP contribution in [-0.2, 0) is 7.05 Å². The quantitative estimate of drug-likeness (QED) is 0.902. The van der Waals surface area contributed by atoms with Crippen LogP contribution in [0.1, 0.15) is 69.4 Å². The molecule has 0 aromatic carbocycles. The Balaban J connectivity index is 2.06. The first-order valence-corrected chi connectivity index (χ1v) is 7.56. The Morgan fingerprint density at radius 2 is 2.05 bits per heavy atom. The molecule has 1 fully saturated rings. The zero-order valence-electron chi connectivity index (χ0n) is 13.4. The predicted octanol–water partition coefficient (Wildman–Crippen LogP) is 3.66. The van der Waals surface area contributed by atoms with Crippen molar-refractivity contribution in [3.63, 3.8) is 0 Å². The normalized spacial score (nSPS) is 24.4. The van der Waals surface area contributed by atoms with E-state index >= 15 is 0 Å². The summed E-state index contributed by atoms with van der Waals surface area (Å²) in [5.74, 6) is 0. The third kappa shape index (κ3) is 3.19. The summed E-state index contributed by atoms with van der Waals surface area (Å²) in [5.41, 5.74) is 4.32. The van der Waals surface area contributed by atoms with Gasteiger partial charge < -0.3 is 5.32 Å². The second-order valence-electron chi connectivity index (χ2n) is 7.05. The van der Waals surface area contributed by atoms with Gasteiger partial charge in [-0.1, -0.05) is 20.3 Å². The van der Waals surface area contributed by atoms with E-state index in [0.29, 0.717) is 17.5 Å². The molecule has 1 saturated carbocycles. The fraction of sp³-hybridized carbons (Fsp3) is 0.812. The molecular weight excluding hydrogens is 234 g/mol. The molecule has 0 bridgehead atoms. The molecule has 108 valence electrons. The highest BCUT2D eigenvalue weighted by Gasteiger charge is 2.29. The number of rotatable bonds is 3. The van der Waals surface area contributed by atoms with Crippen molar-refractivity contribution in [3.8, 4) is 0 Å². The highest BCUT2D eigenvalue weighted by atomic mass is 15.3. The van der Waals surface area contributed by atoms with Gasteiger partial charge >= 0.3 is 0 Å². The number of aromatic nitrogens is 2. The van der Waals surface area contributed by atoms with E-state index < -0.39 is 0 Å². The lowest BCUT2D eigenvalue weighted by Crippen LogP contribution is -2.38. The van der Waals surface area contributed by atoms with E-state index in [1.54, 1.807) is 0 Å². The smallest absolute Gasteiger partial charge is 0.0644 e. The molecule has 0 radical (unpaired) electrons. The van der Waals surface area contributed by atoms with Crippen LogP contribution in [0.2, 0.25) is 0 Å². The molecule has 1 aromatic rings. The molecule has 0 saturated heterocycles. The maximum absolute atomic E-state index is 4.53. The minimum absolute atomic E-state index is 0.396. The van der Waals surface area contributed by atoms with Crippen molar-refractivity contribution in [2.45, 2.75) is 72.4 Å². The molecular formula is C16H29N3. The molecule has 2 unspecified atom stereocenters. The van der Waals surface area contributed by atoms with Crippen LogP contribution < -0.4 is 5.32 Å². The van der Waals surface area contributed by atoms with Crippen LogP contribution in [-0.4, -0.2) is 15.8 Å². The largest absolute Gasteiger partial charge is 0.307 e. The lowest BCUT2D eigenvalue weighted by atomic mass is 9.75. The number of nitrogens with one attached hydrogen (secondary N) is 1. The molecule has 0 spiro atoms. The second kappa shape index (κ2) is 5.28. The molecule has 1 aliphatic carbocycles. The van der Waals surface area contributed by atoms with E-state index in [0.717, 1.165) is 5.69 Å². The maximum Gasteiger partial charge on any atom is 0.0644 e. The lowest BCUT2D eigenvalue weighted by Gasteiger charge is -2.37. The Morgan fingerprint density at radius 1 is 1.37 bits per heavy atom. The third-order valence-electron chi connectivity index (χ3n) is 4.69. The summed E-state index contributed by atoms with van der Waals surface area (Å²) in [7, 11) is 2.03.